The van der Waals surface area contributed by atoms with Crippen LogP contribution in [0, 0.1) is 11.8 Å². The molecule has 0 aromatic rings. The van der Waals surface area contributed by atoms with Crippen molar-refractivity contribution in [2.45, 2.75) is 37.9 Å². The van der Waals surface area contributed by atoms with Crippen molar-refractivity contribution in [1.82, 2.24) is 5.32 Å². The number of hydrogen-bond acceptors (Lipinski definition) is 2. The Balaban J connectivity index is 1.83. The molecule has 0 bridgehead atoms. The Morgan fingerprint density at radius 1 is 1.23 bits per heavy atom. The van der Waals surface area contributed by atoms with E-state index in [9.17, 15) is 0 Å². The normalized spacial score (nSPS) is 33.5. The summed E-state index contributed by atoms with van der Waals surface area (Å²) >= 11 is 2.22. The fourth-order valence-corrected chi connectivity index (χ4v) is 4.19. The van der Waals surface area contributed by atoms with Crippen molar-refractivity contribution >= 4 is 11.8 Å². The number of piperidine rings is 1. The summed E-state index contributed by atoms with van der Waals surface area (Å²) in [5.74, 6) is 3.39. The molecule has 0 saturated carbocycles. The van der Waals surface area contributed by atoms with Gasteiger partial charge in [0.15, 0.2) is 0 Å². The quantitative estimate of drug-likeness (QED) is 0.733. The first-order chi connectivity index (χ1) is 6.38. The van der Waals surface area contributed by atoms with Gasteiger partial charge in [0.1, 0.15) is 0 Å². The molecular weight excluding hydrogens is 178 g/mol. The van der Waals surface area contributed by atoms with E-state index in [-0.39, 0.29) is 0 Å². The summed E-state index contributed by atoms with van der Waals surface area (Å²) in [6, 6.07) is 0. The predicted molar refractivity (Wildman–Crippen MR) is 60.2 cm³/mol. The van der Waals surface area contributed by atoms with Gasteiger partial charge in [-0.15, -0.1) is 0 Å². The lowest BCUT2D eigenvalue weighted by atomic mass is 9.83. The third-order valence-corrected chi connectivity index (χ3v) is 5.30. The van der Waals surface area contributed by atoms with Gasteiger partial charge in [-0.3, -0.25) is 0 Å². The van der Waals surface area contributed by atoms with Crippen LogP contribution in [0.2, 0.25) is 0 Å². The Labute approximate surface area is 86.0 Å². The van der Waals surface area contributed by atoms with Crippen molar-refractivity contribution in [1.29, 1.82) is 0 Å². The molecule has 76 valence electrons. The third-order valence-electron chi connectivity index (χ3n) is 3.68. The summed E-state index contributed by atoms with van der Waals surface area (Å²) in [6.45, 7) is 5.00. The zero-order chi connectivity index (χ0) is 9.10. The number of nitrogens with one attached hydrogen (secondary N) is 1. The van der Waals surface area contributed by atoms with E-state index in [2.05, 4.69) is 24.0 Å². The first kappa shape index (κ1) is 9.85. The molecule has 0 aromatic heterocycles. The average Bonchev–Trinajstić information content (AvgIpc) is 2.71. The van der Waals surface area contributed by atoms with Crippen LogP contribution in [0.25, 0.3) is 0 Å². The second-order valence-electron chi connectivity index (χ2n) is 4.50. The number of hydrogen-bond donors (Lipinski definition) is 1. The molecule has 1 nitrogen and oxygen atoms in total. The SMILES string of the molecule is CC(C1CCNCC1)C1CCCS1. The summed E-state index contributed by atoms with van der Waals surface area (Å²) in [7, 11) is 0. The van der Waals surface area contributed by atoms with Gasteiger partial charge in [0.2, 0.25) is 0 Å². The molecular formula is C11H21NS. The summed E-state index contributed by atoms with van der Waals surface area (Å²) in [6.07, 6.45) is 5.77. The molecule has 2 saturated heterocycles. The van der Waals surface area contributed by atoms with Gasteiger partial charge in [-0.2, -0.15) is 11.8 Å². The van der Waals surface area contributed by atoms with Gasteiger partial charge < -0.3 is 5.32 Å². The van der Waals surface area contributed by atoms with Gasteiger partial charge in [0.25, 0.3) is 0 Å². The lowest BCUT2D eigenvalue weighted by molar-refractivity contribution is 0.268. The van der Waals surface area contributed by atoms with Crippen LogP contribution >= 0.6 is 11.8 Å². The van der Waals surface area contributed by atoms with E-state index in [1.807, 2.05) is 0 Å². The highest BCUT2D eigenvalue weighted by Gasteiger charge is 2.29. The minimum absolute atomic E-state index is 0.967. The van der Waals surface area contributed by atoms with Gasteiger partial charge in [0.05, 0.1) is 0 Å². The zero-order valence-electron chi connectivity index (χ0n) is 8.59. The fourth-order valence-electron chi connectivity index (χ4n) is 2.69. The Kier molecular flexibility index (Phi) is 3.56. The summed E-state index contributed by atoms with van der Waals surface area (Å²) < 4.78 is 0. The van der Waals surface area contributed by atoms with Crippen molar-refractivity contribution in [3.05, 3.63) is 0 Å². The molecule has 0 radical (unpaired) electrons. The Hall–Kier alpha value is 0.310. The molecule has 0 aliphatic carbocycles. The van der Waals surface area contributed by atoms with E-state index in [4.69, 9.17) is 0 Å². The van der Waals surface area contributed by atoms with Crippen molar-refractivity contribution in [3.63, 3.8) is 0 Å². The lowest BCUT2D eigenvalue weighted by Crippen LogP contribution is -2.33. The monoisotopic (exact) mass is 199 g/mol. The van der Waals surface area contributed by atoms with Crippen molar-refractivity contribution in [3.8, 4) is 0 Å². The van der Waals surface area contributed by atoms with Crippen LogP contribution in [0.4, 0.5) is 0 Å². The Morgan fingerprint density at radius 3 is 2.62 bits per heavy atom. The van der Waals surface area contributed by atoms with Gasteiger partial charge in [-0.25, -0.2) is 0 Å². The molecule has 1 N–H and O–H groups in total. The van der Waals surface area contributed by atoms with E-state index in [0.717, 1.165) is 17.1 Å². The highest BCUT2D eigenvalue weighted by molar-refractivity contribution is 8.00. The highest BCUT2D eigenvalue weighted by Crippen LogP contribution is 2.37. The molecule has 0 amide bonds. The van der Waals surface area contributed by atoms with Crippen LogP contribution in [-0.4, -0.2) is 24.1 Å². The van der Waals surface area contributed by atoms with Crippen LogP contribution in [0.1, 0.15) is 32.6 Å². The molecule has 2 aliphatic rings. The molecule has 2 rings (SSSR count). The number of rotatable bonds is 2. The van der Waals surface area contributed by atoms with Crippen LogP contribution in [0.3, 0.4) is 0 Å². The topological polar surface area (TPSA) is 12.0 Å². The molecule has 2 aliphatic heterocycles. The van der Waals surface area contributed by atoms with Gasteiger partial charge in [-0.05, 0) is 56.4 Å². The van der Waals surface area contributed by atoms with Gasteiger partial charge >= 0.3 is 0 Å². The summed E-state index contributed by atoms with van der Waals surface area (Å²) in [4.78, 5) is 0. The first-order valence-electron chi connectivity index (χ1n) is 5.70. The second kappa shape index (κ2) is 4.70. The summed E-state index contributed by atoms with van der Waals surface area (Å²) in [5, 5.41) is 4.44. The molecule has 2 heterocycles. The predicted octanol–water partition coefficient (Wildman–Crippen LogP) is 2.52. The van der Waals surface area contributed by atoms with Crippen LogP contribution < -0.4 is 5.32 Å². The maximum atomic E-state index is 3.45. The van der Waals surface area contributed by atoms with Crippen molar-refractivity contribution in [2.24, 2.45) is 11.8 Å². The maximum absolute atomic E-state index is 3.45. The largest absolute Gasteiger partial charge is 0.317 e. The van der Waals surface area contributed by atoms with Gasteiger partial charge in [-0.1, -0.05) is 6.92 Å². The minimum atomic E-state index is 0.967. The standard InChI is InChI=1S/C11H21NS/c1-9(11-3-2-8-13-11)10-4-6-12-7-5-10/h9-12H,2-8H2,1H3. The highest BCUT2D eigenvalue weighted by atomic mass is 32.2. The smallest absolute Gasteiger partial charge is 0.00756 e. The van der Waals surface area contributed by atoms with Crippen molar-refractivity contribution in [2.75, 3.05) is 18.8 Å². The lowest BCUT2D eigenvalue weighted by Gasteiger charge is -2.31. The van der Waals surface area contributed by atoms with E-state index in [1.165, 1.54) is 44.5 Å². The van der Waals surface area contributed by atoms with Crippen LogP contribution in [0.15, 0.2) is 0 Å². The summed E-state index contributed by atoms with van der Waals surface area (Å²) in [5.41, 5.74) is 0. The molecule has 13 heavy (non-hydrogen) atoms. The molecule has 0 spiro atoms. The Bertz CT molecular complexity index is 148. The number of thioether (sulfide) groups is 1. The second-order valence-corrected chi connectivity index (χ2v) is 5.85. The fraction of sp³-hybridized carbons (Fsp3) is 1.00. The first-order valence-corrected chi connectivity index (χ1v) is 6.75. The molecule has 0 aromatic carbocycles. The average molecular weight is 199 g/mol. The molecule has 2 fully saturated rings. The van der Waals surface area contributed by atoms with Crippen LogP contribution in [-0.2, 0) is 0 Å². The minimum Gasteiger partial charge on any atom is -0.317 e. The van der Waals surface area contributed by atoms with E-state index >= 15 is 0 Å². The molecule has 2 heteroatoms. The molecule has 2 atom stereocenters. The Morgan fingerprint density at radius 2 is 2.00 bits per heavy atom. The molecule has 2 unspecified atom stereocenters. The van der Waals surface area contributed by atoms with Gasteiger partial charge in [0, 0.05) is 5.25 Å². The van der Waals surface area contributed by atoms with E-state index in [1.54, 1.807) is 0 Å². The van der Waals surface area contributed by atoms with E-state index < -0.39 is 0 Å². The third kappa shape index (κ3) is 2.41. The van der Waals surface area contributed by atoms with E-state index in [0.29, 0.717) is 0 Å². The maximum Gasteiger partial charge on any atom is 0.00756 e. The van der Waals surface area contributed by atoms with Crippen LogP contribution in [0.5, 0.6) is 0 Å². The zero-order valence-corrected chi connectivity index (χ0v) is 9.41. The van der Waals surface area contributed by atoms with Crippen molar-refractivity contribution < 1.29 is 0 Å².